The number of anilines is 1. The van der Waals surface area contributed by atoms with Crippen LogP contribution in [0.25, 0.3) is 10.8 Å². The third-order valence-electron chi connectivity index (χ3n) is 3.54. The Morgan fingerprint density at radius 1 is 1.29 bits per heavy atom. The molecule has 2 heterocycles. The second-order valence-corrected chi connectivity index (χ2v) is 6.02. The molecule has 1 aromatic heterocycles. The van der Waals surface area contributed by atoms with Crippen LogP contribution in [0.1, 0.15) is 20.3 Å². The summed E-state index contributed by atoms with van der Waals surface area (Å²) in [6, 6.07) is 6.15. The van der Waals surface area contributed by atoms with Crippen molar-refractivity contribution in [1.29, 1.82) is 0 Å². The quantitative estimate of drug-likeness (QED) is 0.847. The number of nitrogens with zero attached hydrogens (tertiary/aromatic N) is 1. The second-order valence-electron chi connectivity index (χ2n) is 5.71. The Hall–Kier alpha value is -1.68. The van der Waals surface area contributed by atoms with Crippen molar-refractivity contribution in [2.24, 2.45) is 5.92 Å². The molecular weight excluding hydrogens is 288 g/mol. The number of nitrogens with one attached hydrogen (secondary N) is 1. The summed E-state index contributed by atoms with van der Waals surface area (Å²) in [7, 11) is 0. The summed E-state index contributed by atoms with van der Waals surface area (Å²) in [6.45, 7) is 4.66. The number of hydrogen-bond acceptors (Lipinski definition) is 4. The van der Waals surface area contributed by atoms with Gasteiger partial charge in [-0.05, 0) is 35.9 Å². The minimum atomic E-state index is 0.204. The zero-order valence-electron chi connectivity index (χ0n) is 12.2. The Balaban J connectivity index is 1.94. The molecule has 0 spiro atoms. The average molecular weight is 307 g/mol. The number of ether oxygens (including phenoxy) is 2. The van der Waals surface area contributed by atoms with Gasteiger partial charge in [-0.1, -0.05) is 13.8 Å². The van der Waals surface area contributed by atoms with Crippen molar-refractivity contribution in [2.45, 2.75) is 26.3 Å². The number of aromatic nitrogens is 1. The molecule has 0 radical (unpaired) electrons. The summed E-state index contributed by atoms with van der Waals surface area (Å²) in [4.78, 5) is 4.46. The molecule has 1 unspecified atom stereocenters. The van der Waals surface area contributed by atoms with Gasteiger partial charge in [-0.15, -0.1) is 11.6 Å². The Bertz CT molecular complexity index is 645. The maximum atomic E-state index is 6.07. The van der Waals surface area contributed by atoms with Gasteiger partial charge in [0.15, 0.2) is 11.5 Å². The van der Waals surface area contributed by atoms with E-state index in [9.17, 15) is 0 Å². The van der Waals surface area contributed by atoms with Crippen molar-refractivity contribution in [3.8, 4) is 11.5 Å². The van der Waals surface area contributed by atoms with Gasteiger partial charge in [0, 0.05) is 23.5 Å². The third kappa shape index (κ3) is 3.00. The van der Waals surface area contributed by atoms with E-state index in [2.05, 4.69) is 24.1 Å². The number of hydrogen-bond donors (Lipinski definition) is 1. The molecule has 0 saturated carbocycles. The van der Waals surface area contributed by atoms with Crippen molar-refractivity contribution in [3.05, 3.63) is 24.4 Å². The summed E-state index contributed by atoms with van der Waals surface area (Å²) < 4.78 is 10.9. The molecule has 1 aliphatic rings. The predicted molar refractivity (Wildman–Crippen MR) is 85.5 cm³/mol. The van der Waals surface area contributed by atoms with E-state index in [1.54, 1.807) is 6.20 Å². The SMILES string of the molecule is CC(C)CC(CCl)Nc1nccc2cc3c(cc12)OCO3. The molecule has 0 saturated heterocycles. The first-order chi connectivity index (χ1) is 10.2. The Labute approximate surface area is 129 Å². The van der Waals surface area contributed by atoms with Gasteiger partial charge in [0.05, 0.1) is 0 Å². The van der Waals surface area contributed by atoms with Crippen LogP contribution in [0.2, 0.25) is 0 Å². The van der Waals surface area contributed by atoms with Crippen molar-refractivity contribution < 1.29 is 9.47 Å². The first-order valence-electron chi connectivity index (χ1n) is 7.18. The summed E-state index contributed by atoms with van der Waals surface area (Å²) in [5.74, 6) is 3.54. The molecule has 1 N–H and O–H groups in total. The lowest BCUT2D eigenvalue weighted by Gasteiger charge is -2.19. The van der Waals surface area contributed by atoms with Crippen LogP contribution in [0.5, 0.6) is 11.5 Å². The van der Waals surface area contributed by atoms with Crippen LogP contribution in [0.3, 0.4) is 0 Å². The molecule has 3 rings (SSSR count). The minimum Gasteiger partial charge on any atom is -0.454 e. The van der Waals surface area contributed by atoms with Crippen LogP contribution in [-0.4, -0.2) is 23.7 Å². The molecule has 21 heavy (non-hydrogen) atoms. The number of rotatable bonds is 5. The van der Waals surface area contributed by atoms with Gasteiger partial charge in [0.25, 0.3) is 0 Å². The molecular formula is C16H19ClN2O2. The third-order valence-corrected chi connectivity index (χ3v) is 3.91. The number of benzene rings is 1. The lowest BCUT2D eigenvalue weighted by molar-refractivity contribution is 0.174. The van der Waals surface area contributed by atoms with Crippen LogP contribution >= 0.6 is 11.6 Å². The topological polar surface area (TPSA) is 43.4 Å². The van der Waals surface area contributed by atoms with E-state index in [1.165, 1.54) is 0 Å². The van der Waals surface area contributed by atoms with Crippen molar-refractivity contribution >= 4 is 28.2 Å². The van der Waals surface area contributed by atoms with Gasteiger partial charge in [0.2, 0.25) is 6.79 Å². The highest BCUT2D eigenvalue weighted by Crippen LogP contribution is 2.38. The van der Waals surface area contributed by atoms with E-state index in [0.29, 0.717) is 11.8 Å². The highest BCUT2D eigenvalue weighted by molar-refractivity contribution is 6.18. The van der Waals surface area contributed by atoms with E-state index in [4.69, 9.17) is 21.1 Å². The Morgan fingerprint density at radius 3 is 2.76 bits per heavy atom. The Kier molecular flexibility index (Phi) is 4.06. The van der Waals surface area contributed by atoms with Crippen molar-refractivity contribution in [2.75, 3.05) is 18.0 Å². The van der Waals surface area contributed by atoms with E-state index in [-0.39, 0.29) is 12.8 Å². The monoisotopic (exact) mass is 306 g/mol. The van der Waals surface area contributed by atoms with Crippen molar-refractivity contribution in [1.82, 2.24) is 4.98 Å². The predicted octanol–water partition coefficient (Wildman–Crippen LogP) is 4.03. The maximum absolute atomic E-state index is 6.07. The molecule has 2 aromatic rings. The van der Waals surface area contributed by atoms with Crippen LogP contribution in [0.4, 0.5) is 5.82 Å². The first kappa shape index (κ1) is 14.3. The van der Waals surface area contributed by atoms with Gasteiger partial charge in [0.1, 0.15) is 5.82 Å². The zero-order chi connectivity index (χ0) is 14.8. The van der Waals surface area contributed by atoms with E-state index in [1.807, 2.05) is 18.2 Å². The van der Waals surface area contributed by atoms with Crippen LogP contribution in [-0.2, 0) is 0 Å². The van der Waals surface area contributed by atoms with E-state index < -0.39 is 0 Å². The van der Waals surface area contributed by atoms with Gasteiger partial charge in [-0.3, -0.25) is 0 Å². The molecule has 5 heteroatoms. The average Bonchev–Trinajstić information content (AvgIpc) is 2.91. The molecule has 0 amide bonds. The van der Waals surface area contributed by atoms with Crippen LogP contribution in [0.15, 0.2) is 24.4 Å². The molecule has 0 aliphatic carbocycles. The fourth-order valence-corrected chi connectivity index (χ4v) is 2.80. The van der Waals surface area contributed by atoms with Gasteiger partial charge in [-0.25, -0.2) is 4.98 Å². The summed E-state index contributed by atoms with van der Waals surface area (Å²) in [6.07, 6.45) is 2.81. The lowest BCUT2D eigenvalue weighted by Crippen LogP contribution is -2.24. The van der Waals surface area contributed by atoms with Crippen LogP contribution < -0.4 is 14.8 Å². The van der Waals surface area contributed by atoms with Gasteiger partial charge >= 0.3 is 0 Å². The highest BCUT2D eigenvalue weighted by atomic mass is 35.5. The van der Waals surface area contributed by atoms with E-state index in [0.717, 1.165) is 34.5 Å². The number of alkyl halides is 1. The number of fused-ring (bicyclic) bond motifs is 2. The maximum Gasteiger partial charge on any atom is 0.231 e. The fourth-order valence-electron chi connectivity index (χ4n) is 2.60. The van der Waals surface area contributed by atoms with E-state index >= 15 is 0 Å². The zero-order valence-corrected chi connectivity index (χ0v) is 13.0. The molecule has 0 fully saturated rings. The molecule has 4 nitrogen and oxygen atoms in total. The molecule has 1 aromatic carbocycles. The first-order valence-corrected chi connectivity index (χ1v) is 7.71. The molecule has 1 atom stereocenters. The second kappa shape index (κ2) is 5.98. The lowest BCUT2D eigenvalue weighted by atomic mass is 10.0. The van der Waals surface area contributed by atoms with Gasteiger partial charge in [-0.2, -0.15) is 0 Å². The summed E-state index contributed by atoms with van der Waals surface area (Å²) in [5, 5.41) is 5.56. The minimum absolute atomic E-state index is 0.204. The molecule has 1 aliphatic heterocycles. The van der Waals surface area contributed by atoms with Crippen molar-refractivity contribution in [3.63, 3.8) is 0 Å². The number of halogens is 1. The molecule has 112 valence electrons. The largest absolute Gasteiger partial charge is 0.454 e. The van der Waals surface area contributed by atoms with Gasteiger partial charge < -0.3 is 14.8 Å². The normalized spacial score (nSPS) is 14.7. The molecule has 0 bridgehead atoms. The summed E-state index contributed by atoms with van der Waals surface area (Å²) >= 11 is 6.07. The number of pyridine rings is 1. The Morgan fingerprint density at radius 2 is 2.05 bits per heavy atom. The summed E-state index contributed by atoms with van der Waals surface area (Å²) in [5.41, 5.74) is 0. The standard InChI is InChI=1S/C16H19ClN2O2/c1-10(2)5-12(8-17)19-16-13-7-15-14(20-9-21-15)6-11(13)3-4-18-16/h3-4,6-7,10,12H,5,8-9H2,1-2H3,(H,18,19). The smallest absolute Gasteiger partial charge is 0.231 e. The van der Waals surface area contributed by atoms with Crippen LogP contribution in [0, 0.1) is 5.92 Å². The highest BCUT2D eigenvalue weighted by Gasteiger charge is 2.17. The fraction of sp³-hybridized carbons (Fsp3) is 0.438.